The number of amides is 3. The van der Waals surface area contributed by atoms with Crippen molar-refractivity contribution in [2.45, 2.75) is 44.9 Å². The Morgan fingerprint density at radius 3 is 2.59 bits per heavy atom. The summed E-state index contributed by atoms with van der Waals surface area (Å²) in [6.45, 7) is 4.63. The molecule has 2 heterocycles. The van der Waals surface area contributed by atoms with Gasteiger partial charge in [0.05, 0.1) is 18.6 Å². The highest BCUT2D eigenvalue weighted by Crippen LogP contribution is 2.42. The molecule has 32 heavy (non-hydrogen) atoms. The van der Waals surface area contributed by atoms with Gasteiger partial charge >= 0.3 is 0 Å². The Balaban J connectivity index is 1.34. The van der Waals surface area contributed by atoms with E-state index in [1.165, 1.54) is 0 Å². The van der Waals surface area contributed by atoms with E-state index in [4.69, 9.17) is 4.74 Å². The molecule has 0 unspecified atom stereocenters. The van der Waals surface area contributed by atoms with Gasteiger partial charge in [-0.2, -0.15) is 0 Å². The maximum absolute atomic E-state index is 13.2. The minimum atomic E-state index is -0.790. The number of rotatable bonds is 9. The van der Waals surface area contributed by atoms with Gasteiger partial charge in [-0.05, 0) is 31.2 Å². The molecule has 2 saturated heterocycles. The first-order chi connectivity index (χ1) is 15.4. The molecular formula is C24H34N4O4. The van der Waals surface area contributed by atoms with Crippen LogP contribution in [0.25, 0.3) is 0 Å². The molecule has 4 rings (SSSR count). The Bertz CT molecular complexity index is 836. The average molecular weight is 443 g/mol. The van der Waals surface area contributed by atoms with E-state index in [2.05, 4.69) is 16.0 Å². The van der Waals surface area contributed by atoms with Crippen LogP contribution in [0, 0.1) is 17.3 Å². The van der Waals surface area contributed by atoms with Crippen molar-refractivity contribution < 1.29 is 19.1 Å². The van der Waals surface area contributed by atoms with Crippen molar-refractivity contribution in [3.63, 3.8) is 0 Å². The lowest BCUT2D eigenvalue weighted by atomic mass is 9.71. The van der Waals surface area contributed by atoms with E-state index in [-0.39, 0.29) is 29.1 Å². The molecule has 3 fully saturated rings. The van der Waals surface area contributed by atoms with Gasteiger partial charge in [-0.3, -0.25) is 14.4 Å². The molecule has 0 radical (unpaired) electrons. The van der Waals surface area contributed by atoms with Crippen molar-refractivity contribution >= 4 is 17.7 Å². The fraction of sp³-hybridized carbons (Fsp3) is 0.625. The maximum Gasteiger partial charge on any atom is 0.245 e. The zero-order chi connectivity index (χ0) is 22.7. The molecule has 8 heteroatoms. The molecule has 174 valence electrons. The van der Waals surface area contributed by atoms with Crippen LogP contribution in [0.3, 0.4) is 0 Å². The first-order valence-corrected chi connectivity index (χ1v) is 11.6. The third-order valence-electron chi connectivity index (χ3n) is 7.06. The molecular weight excluding hydrogens is 408 g/mol. The molecule has 0 aromatic heterocycles. The van der Waals surface area contributed by atoms with Gasteiger partial charge in [-0.15, -0.1) is 0 Å². The van der Waals surface area contributed by atoms with Gasteiger partial charge in [0.1, 0.15) is 6.04 Å². The highest BCUT2D eigenvalue weighted by molar-refractivity contribution is 5.89. The molecule has 3 aliphatic rings. The van der Waals surface area contributed by atoms with E-state index < -0.39 is 12.1 Å². The van der Waals surface area contributed by atoms with Gasteiger partial charge in [-0.25, -0.2) is 0 Å². The smallest absolute Gasteiger partial charge is 0.245 e. The Kier molecular flexibility index (Phi) is 6.81. The molecule has 1 saturated carbocycles. The zero-order valence-electron chi connectivity index (χ0n) is 18.9. The molecule has 3 atom stereocenters. The van der Waals surface area contributed by atoms with Gasteiger partial charge in [-0.1, -0.05) is 30.3 Å². The van der Waals surface area contributed by atoms with Gasteiger partial charge in [0.25, 0.3) is 0 Å². The molecule has 3 N–H and O–H groups in total. The Labute approximate surface area is 189 Å². The average Bonchev–Trinajstić information content (AvgIpc) is 3.47. The molecule has 1 aromatic rings. The van der Waals surface area contributed by atoms with Crippen molar-refractivity contribution in [1.82, 2.24) is 20.9 Å². The van der Waals surface area contributed by atoms with Crippen LogP contribution in [0.1, 0.15) is 31.7 Å². The number of likely N-dealkylation sites (tertiary alicyclic amines) is 1. The molecule has 8 nitrogen and oxygen atoms in total. The van der Waals surface area contributed by atoms with E-state index in [9.17, 15) is 14.4 Å². The number of hydrogen-bond donors (Lipinski definition) is 3. The second-order valence-electron chi connectivity index (χ2n) is 9.55. The minimum absolute atomic E-state index is 0.159. The molecule has 1 spiro atoms. The highest BCUT2D eigenvalue weighted by Gasteiger charge is 2.56. The molecule has 2 aliphatic heterocycles. The lowest BCUT2D eigenvalue weighted by Gasteiger charge is -2.50. The van der Waals surface area contributed by atoms with Gasteiger partial charge in [0.2, 0.25) is 17.7 Å². The van der Waals surface area contributed by atoms with Gasteiger partial charge in [0, 0.05) is 45.1 Å². The quantitative estimate of drug-likeness (QED) is 0.522. The van der Waals surface area contributed by atoms with Crippen molar-refractivity contribution in [3.05, 3.63) is 35.9 Å². The Morgan fingerprint density at radius 1 is 1.22 bits per heavy atom. The van der Waals surface area contributed by atoms with Crippen LogP contribution in [-0.2, 0) is 25.7 Å². The van der Waals surface area contributed by atoms with E-state index in [1.54, 1.807) is 14.0 Å². The van der Waals surface area contributed by atoms with E-state index >= 15 is 0 Å². The lowest BCUT2D eigenvalue weighted by Crippen LogP contribution is -2.65. The first-order valence-electron chi connectivity index (χ1n) is 11.6. The summed E-state index contributed by atoms with van der Waals surface area (Å²) in [4.78, 5) is 40.1. The standard InChI is InChI=1S/C24H34N4O4/c1-16(32-12-18-6-4-3-5-7-18)21(23(31)25-2)27-22(30)19-11-26-13-24(19)14-28(15-24)20(29)10-17-8-9-17/h3-7,16-17,19,21,26H,8-15H2,1-2H3,(H,25,31)(H,27,30)/t16-,19+,21+/m1/s1. The van der Waals surface area contributed by atoms with Crippen LogP contribution >= 0.6 is 0 Å². The molecule has 3 amide bonds. The zero-order valence-corrected chi connectivity index (χ0v) is 18.9. The Morgan fingerprint density at radius 2 is 1.94 bits per heavy atom. The van der Waals surface area contributed by atoms with Crippen LogP contribution in [0.5, 0.6) is 0 Å². The summed E-state index contributed by atoms with van der Waals surface area (Å²) in [5, 5.41) is 8.89. The Hall–Kier alpha value is -2.45. The summed E-state index contributed by atoms with van der Waals surface area (Å²) < 4.78 is 5.92. The number of nitrogens with zero attached hydrogens (tertiary/aromatic N) is 1. The SMILES string of the molecule is CNC(=O)[C@@H](NC(=O)[C@@H]1CNCC12CN(C(=O)CC1CC1)C2)[C@@H](C)OCc1ccccc1. The fourth-order valence-electron chi connectivity index (χ4n) is 4.80. The van der Waals surface area contributed by atoms with Crippen molar-refractivity contribution in [2.75, 3.05) is 33.2 Å². The lowest BCUT2D eigenvalue weighted by molar-refractivity contribution is -0.150. The van der Waals surface area contributed by atoms with E-state index in [0.29, 0.717) is 45.1 Å². The highest BCUT2D eigenvalue weighted by atomic mass is 16.5. The van der Waals surface area contributed by atoms with Crippen LogP contribution in [0.4, 0.5) is 0 Å². The molecule has 1 aromatic carbocycles. The van der Waals surface area contributed by atoms with Gasteiger partial charge < -0.3 is 25.6 Å². The second-order valence-corrected chi connectivity index (χ2v) is 9.55. The third-order valence-corrected chi connectivity index (χ3v) is 7.06. The summed E-state index contributed by atoms with van der Waals surface area (Å²) in [6, 6.07) is 8.94. The summed E-state index contributed by atoms with van der Waals surface area (Å²) >= 11 is 0. The number of hydrogen-bond acceptors (Lipinski definition) is 5. The largest absolute Gasteiger partial charge is 0.371 e. The van der Waals surface area contributed by atoms with E-state index in [1.807, 2.05) is 35.2 Å². The predicted octanol–water partition coefficient (Wildman–Crippen LogP) is 0.671. The monoisotopic (exact) mass is 442 g/mol. The van der Waals surface area contributed by atoms with Crippen LogP contribution in [-0.4, -0.2) is 68.0 Å². The second kappa shape index (κ2) is 9.58. The van der Waals surface area contributed by atoms with Crippen molar-refractivity contribution in [2.24, 2.45) is 17.3 Å². The topological polar surface area (TPSA) is 99.8 Å². The summed E-state index contributed by atoms with van der Waals surface area (Å²) in [7, 11) is 1.55. The molecule has 1 aliphatic carbocycles. The molecule has 0 bridgehead atoms. The number of nitrogens with one attached hydrogen (secondary N) is 3. The summed E-state index contributed by atoms with van der Waals surface area (Å²) in [5.74, 6) is 0.0451. The van der Waals surface area contributed by atoms with Crippen LogP contribution in [0.2, 0.25) is 0 Å². The van der Waals surface area contributed by atoms with Crippen LogP contribution < -0.4 is 16.0 Å². The predicted molar refractivity (Wildman–Crippen MR) is 119 cm³/mol. The first kappa shape index (κ1) is 22.7. The third kappa shape index (κ3) is 4.96. The number of carbonyl (C=O) groups excluding carboxylic acids is 3. The minimum Gasteiger partial charge on any atom is -0.371 e. The number of carbonyl (C=O) groups is 3. The number of ether oxygens (including phenoxy) is 1. The summed E-state index contributed by atoms with van der Waals surface area (Å²) in [6.07, 6.45) is 2.45. The van der Waals surface area contributed by atoms with E-state index in [0.717, 1.165) is 18.4 Å². The number of likely N-dealkylation sites (N-methyl/N-ethyl adjacent to an activating group) is 1. The fourth-order valence-corrected chi connectivity index (χ4v) is 4.80. The number of benzene rings is 1. The normalized spacial score (nSPS) is 23.3. The van der Waals surface area contributed by atoms with Crippen molar-refractivity contribution in [1.29, 1.82) is 0 Å². The maximum atomic E-state index is 13.2. The summed E-state index contributed by atoms with van der Waals surface area (Å²) in [5.41, 5.74) is 0.760. The van der Waals surface area contributed by atoms with Gasteiger partial charge in [0.15, 0.2) is 0 Å². The van der Waals surface area contributed by atoms with Crippen molar-refractivity contribution in [3.8, 4) is 0 Å². The van der Waals surface area contributed by atoms with Crippen LogP contribution in [0.15, 0.2) is 30.3 Å².